The van der Waals surface area contributed by atoms with Gasteiger partial charge in [-0.1, -0.05) is 50.6 Å². The zero-order chi connectivity index (χ0) is 14.7. The Morgan fingerprint density at radius 1 is 1.20 bits per heavy atom. The van der Waals surface area contributed by atoms with E-state index < -0.39 is 0 Å². The summed E-state index contributed by atoms with van der Waals surface area (Å²) >= 11 is 0. The predicted molar refractivity (Wildman–Crippen MR) is 82.9 cm³/mol. The summed E-state index contributed by atoms with van der Waals surface area (Å²) in [5, 5.41) is 14.5. The van der Waals surface area contributed by atoms with Crippen LogP contribution in [0, 0.1) is 12.8 Å². The fourth-order valence-corrected chi connectivity index (χ4v) is 2.49. The van der Waals surface area contributed by atoms with Crippen molar-refractivity contribution in [1.29, 1.82) is 0 Å². The molecule has 108 valence electrons. The molecule has 0 aliphatic carbocycles. The molecule has 3 heteroatoms. The average molecular weight is 272 g/mol. The largest absolute Gasteiger partial charge is 0.492 e. The second-order valence-electron chi connectivity index (χ2n) is 5.84. The molecular weight excluding hydrogens is 248 g/mol. The Labute approximate surface area is 121 Å². The monoisotopic (exact) mass is 272 g/mol. The molecule has 0 bridgehead atoms. The Morgan fingerprint density at radius 2 is 1.85 bits per heavy atom. The summed E-state index contributed by atoms with van der Waals surface area (Å²) in [4.78, 5) is 0. The first kappa shape index (κ1) is 14.6. The third-order valence-corrected chi connectivity index (χ3v) is 3.40. The van der Waals surface area contributed by atoms with Crippen LogP contribution in [0.2, 0.25) is 0 Å². The lowest BCUT2D eigenvalue weighted by Crippen LogP contribution is -2.03. The van der Waals surface area contributed by atoms with Gasteiger partial charge in [-0.2, -0.15) is 0 Å². The highest BCUT2D eigenvalue weighted by Crippen LogP contribution is 2.32. The van der Waals surface area contributed by atoms with E-state index in [1.165, 1.54) is 5.56 Å². The van der Waals surface area contributed by atoms with Crippen molar-refractivity contribution >= 4 is 0 Å². The molecule has 0 saturated heterocycles. The van der Waals surface area contributed by atoms with E-state index >= 15 is 0 Å². The van der Waals surface area contributed by atoms with Crippen molar-refractivity contribution in [3.63, 3.8) is 0 Å². The second-order valence-corrected chi connectivity index (χ2v) is 5.84. The quantitative estimate of drug-likeness (QED) is 0.887. The smallest absolute Gasteiger partial charge is 0.234 e. The van der Waals surface area contributed by atoms with Gasteiger partial charge in [-0.15, -0.1) is 5.10 Å². The minimum Gasteiger partial charge on any atom is -0.492 e. The van der Waals surface area contributed by atoms with Crippen LogP contribution in [-0.2, 0) is 13.0 Å². The maximum atomic E-state index is 10.2. The molecule has 20 heavy (non-hydrogen) atoms. The van der Waals surface area contributed by atoms with Crippen LogP contribution in [0.15, 0.2) is 24.3 Å². The number of nitrogens with zero attached hydrogens (tertiary/aromatic N) is 2. The van der Waals surface area contributed by atoms with Crippen molar-refractivity contribution in [3.8, 4) is 17.1 Å². The molecule has 0 amide bonds. The van der Waals surface area contributed by atoms with Crippen LogP contribution in [-0.4, -0.2) is 14.9 Å². The summed E-state index contributed by atoms with van der Waals surface area (Å²) in [5.74, 6) is 0.673. The first-order chi connectivity index (χ1) is 9.52. The van der Waals surface area contributed by atoms with E-state index in [1.807, 2.05) is 4.68 Å². The van der Waals surface area contributed by atoms with Crippen LogP contribution in [0.3, 0.4) is 0 Å². The van der Waals surface area contributed by atoms with Crippen LogP contribution in [0.5, 0.6) is 5.88 Å². The van der Waals surface area contributed by atoms with E-state index in [0.717, 1.165) is 36.2 Å². The number of benzene rings is 1. The van der Waals surface area contributed by atoms with E-state index in [9.17, 15) is 5.11 Å². The molecule has 2 rings (SSSR count). The minimum atomic E-state index is 0.183. The van der Waals surface area contributed by atoms with Gasteiger partial charge in [-0.25, -0.2) is 0 Å². The number of rotatable bonds is 5. The summed E-state index contributed by atoms with van der Waals surface area (Å²) in [5.41, 5.74) is 4.41. The lowest BCUT2D eigenvalue weighted by Gasteiger charge is -2.10. The summed E-state index contributed by atoms with van der Waals surface area (Å²) in [6, 6.07) is 8.44. The van der Waals surface area contributed by atoms with Gasteiger partial charge in [-0.3, -0.25) is 4.68 Å². The Hall–Kier alpha value is -1.77. The molecule has 1 aromatic heterocycles. The summed E-state index contributed by atoms with van der Waals surface area (Å²) in [7, 11) is 0. The van der Waals surface area contributed by atoms with E-state index in [0.29, 0.717) is 5.92 Å². The molecule has 0 radical (unpaired) electrons. The number of aromatic hydroxyl groups is 1. The number of aryl methyl sites for hydroxylation is 2. The predicted octanol–water partition coefficient (Wildman–Crippen LogP) is 4.17. The molecule has 0 aliphatic heterocycles. The van der Waals surface area contributed by atoms with Gasteiger partial charge >= 0.3 is 0 Å². The Bertz CT molecular complexity index is 567. The molecule has 0 fully saturated rings. The maximum absolute atomic E-state index is 10.2. The van der Waals surface area contributed by atoms with Gasteiger partial charge in [0, 0.05) is 17.7 Å². The summed E-state index contributed by atoms with van der Waals surface area (Å²) in [6.07, 6.45) is 1.85. The zero-order valence-corrected chi connectivity index (χ0v) is 12.8. The Kier molecular flexibility index (Phi) is 4.48. The number of hydrogen-bond acceptors (Lipinski definition) is 2. The highest BCUT2D eigenvalue weighted by atomic mass is 16.3. The normalized spacial score (nSPS) is 11.2. The van der Waals surface area contributed by atoms with Gasteiger partial charge in [0.15, 0.2) is 0 Å². The third kappa shape index (κ3) is 3.03. The van der Waals surface area contributed by atoms with Crippen molar-refractivity contribution in [3.05, 3.63) is 35.4 Å². The van der Waals surface area contributed by atoms with E-state index in [2.05, 4.69) is 57.1 Å². The van der Waals surface area contributed by atoms with Gasteiger partial charge in [0.05, 0.1) is 5.69 Å². The molecule has 1 N–H and O–H groups in total. The molecule has 0 atom stereocenters. The highest BCUT2D eigenvalue weighted by molar-refractivity contribution is 5.66. The van der Waals surface area contributed by atoms with Crippen molar-refractivity contribution in [2.24, 2.45) is 5.92 Å². The van der Waals surface area contributed by atoms with Gasteiger partial charge < -0.3 is 5.11 Å². The Morgan fingerprint density at radius 3 is 2.40 bits per heavy atom. The first-order valence-electron chi connectivity index (χ1n) is 7.38. The highest BCUT2D eigenvalue weighted by Gasteiger charge is 2.19. The van der Waals surface area contributed by atoms with E-state index in [4.69, 9.17) is 0 Å². The zero-order valence-electron chi connectivity index (χ0n) is 12.8. The van der Waals surface area contributed by atoms with E-state index in [1.54, 1.807) is 0 Å². The van der Waals surface area contributed by atoms with Crippen LogP contribution < -0.4 is 0 Å². The maximum Gasteiger partial charge on any atom is 0.234 e. The molecular formula is C17H24N2O. The fraction of sp³-hybridized carbons (Fsp3) is 0.471. The van der Waals surface area contributed by atoms with Gasteiger partial charge in [0.2, 0.25) is 5.88 Å². The van der Waals surface area contributed by atoms with Crippen LogP contribution in [0.4, 0.5) is 0 Å². The minimum absolute atomic E-state index is 0.183. The SMILES string of the molecule is CCCn1nc(O)c(CC(C)C)c1-c1ccc(C)cc1. The van der Waals surface area contributed by atoms with Gasteiger partial charge in [-0.05, 0) is 25.7 Å². The number of hydrogen-bond donors (Lipinski definition) is 1. The van der Waals surface area contributed by atoms with Gasteiger partial charge in [0.25, 0.3) is 0 Å². The topological polar surface area (TPSA) is 38.0 Å². The molecule has 0 spiro atoms. The molecule has 2 aromatic rings. The van der Waals surface area contributed by atoms with Crippen molar-refractivity contribution in [1.82, 2.24) is 9.78 Å². The Balaban J connectivity index is 2.54. The molecule has 0 saturated carbocycles. The lowest BCUT2D eigenvalue weighted by atomic mass is 9.98. The first-order valence-corrected chi connectivity index (χ1v) is 7.38. The van der Waals surface area contributed by atoms with Crippen molar-refractivity contribution in [2.75, 3.05) is 0 Å². The van der Waals surface area contributed by atoms with Gasteiger partial charge in [0.1, 0.15) is 0 Å². The molecule has 0 unspecified atom stereocenters. The fourth-order valence-electron chi connectivity index (χ4n) is 2.49. The van der Waals surface area contributed by atoms with Crippen LogP contribution in [0.1, 0.15) is 38.3 Å². The molecule has 1 heterocycles. The number of aromatic nitrogens is 2. The van der Waals surface area contributed by atoms with Crippen molar-refractivity contribution in [2.45, 2.75) is 47.1 Å². The molecule has 0 aliphatic rings. The van der Waals surface area contributed by atoms with Crippen molar-refractivity contribution < 1.29 is 5.11 Å². The summed E-state index contributed by atoms with van der Waals surface area (Å²) < 4.78 is 1.94. The molecule has 1 aromatic carbocycles. The summed E-state index contributed by atoms with van der Waals surface area (Å²) in [6.45, 7) is 9.36. The standard InChI is InChI=1S/C17H24N2O/c1-5-10-19-16(14-8-6-13(4)7-9-14)15(11-12(2)3)17(20)18-19/h6-9,12H,5,10-11H2,1-4H3,(H,18,20). The average Bonchev–Trinajstić information content (AvgIpc) is 2.67. The van der Waals surface area contributed by atoms with Crippen LogP contribution in [0.25, 0.3) is 11.3 Å². The lowest BCUT2D eigenvalue weighted by molar-refractivity contribution is 0.429. The van der Waals surface area contributed by atoms with E-state index in [-0.39, 0.29) is 5.88 Å². The second kappa shape index (κ2) is 6.12. The van der Waals surface area contributed by atoms with Crippen LogP contribution >= 0.6 is 0 Å². The third-order valence-electron chi connectivity index (χ3n) is 3.40. The molecule has 3 nitrogen and oxygen atoms in total.